The number of anilines is 1. The Bertz CT molecular complexity index is 888. The van der Waals surface area contributed by atoms with Gasteiger partial charge in [0.1, 0.15) is 10.8 Å². The lowest BCUT2D eigenvalue weighted by Crippen LogP contribution is -2.19. The van der Waals surface area contributed by atoms with Crippen molar-refractivity contribution in [1.29, 1.82) is 0 Å². The Morgan fingerprint density at radius 3 is 2.86 bits per heavy atom. The van der Waals surface area contributed by atoms with Crippen LogP contribution in [0.25, 0.3) is 0 Å². The van der Waals surface area contributed by atoms with Gasteiger partial charge in [0.2, 0.25) is 5.91 Å². The summed E-state index contributed by atoms with van der Waals surface area (Å²) in [7, 11) is 0. The second-order valence-electron chi connectivity index (χ2n) is 7.62. The number of thiophene rings is 1. The van der Waals surface area contributed by atoms with E-state index in [1.807, 2.05) is 32.0 Å². The fraction of sp³-hybridized carbons (Fsp3) is 0.455. The van der Waals surface area contributed by atoms with Crippen LogP contribution in [0.1, 0.15) is 58.1 Å². The summed E-state index contributed by atoms with van der Waals surface area (Å²) in [5, 5.41) is 3.51. The van der Waals surface area contributed by atoms with E-state index in [-0.39, 0.29) is 5.91 Å². The van der Waals surface area contributed by atoms with Crippen LogP contribution in [0.4, 0.5) is 5.00 Å². The highest BCUT2D eigenvalue weighted by Gasteiger charge is 2.27. The molecule has 1 heterocycles. The molecule has 3 rings (SSSR count). The predicted molar refractivity (Wildman–Crippen MR) is 113 cm³/mol. The average Bonchev–Trinajstić information content (AvgIpc) is 2.98. The Morgan fingerprint density at radius 2 is 2.11 bits per heavy atom. The highest BCUT2D eigenvalue weighted by atomic mass is 32.1. The van der Waals surface area contributed by atoms with Crippen LogP contribution >= 0.6 is 11.3 Å². The molecule has 6 heteroatoms. The molecule has 1 aromatic carbocycles. The molecule has 0 fully saturated rings. The van der Waals surface area contributed by atoms with E-state index in [9.17, 15) is 9.59 Å². The third-order valence-corrected chi connectivity index (χ3v) is 6.54. The zero-order valence-electron chi connectivity index (χ0n) is 16.8. The Hall–Kier alpha value is -2.34. The number of ether oxygens (including phenoxy) is 1. The largest absolute Gasteiger partial charge is 0.493 e. The lowest BCUT2D eigenvalue weighted by molar-refractivity contribution is -0.116. The number of benzene rings is 1. The summed E-state index contributed by atoms with van der Waals surface area (Å²) in [6, 6.07) is 5.96. The summed E-state index contributed by atoms with van der Waals surface area (Å²) in [6.45, 7) is 6.76. The van der Waals surface area contributed by atoms with Crippen LogP contribution in [-0.2, 0) is 17.6 Å². The number of carbonyl (C=O) groups excluding carboxylic acids is 2. The molecule has 0 aliphatic heterocycles. The fourth-order valence-corrected chi connectivity index (χ4v) is 5.02. The molecule has 150 valence electrons. The van der Waals surface area contributed by atoms with Gasteiger partial charge in [0, 0.05) is 11.3 Å². The van der Waals surface area contributed by atoms with Gasteiger partial charge in [0.25, 0.3) is 5.91 Å². The van der Waals surface area contributed by atoms with Gasteiger partial charge >= 0.3 is 0 Å². The Kier molecular flexibility index (Phi) is 6.39. The van der Waals surface area contributed by atoms with E-state index < -0.39 is 5.91 Å². The minimum Gasteiger partial charge on any atom is -0.493 e. The normalized spacial score (nSPS) is 15.8. The van der Waals surface area contributed by atoms with Crippen molar-refractivity contribution in [3.63, 3.8) is 0 Å². The minimum atomic E-state index is -0.458. The highest BCUT2D eigenvalue weighted by molar-refractivity contribution is 7.17. The minimum absolute atomic E-state index is 0.112. The zero-order valence-corrected chi connectivity index (χ0v) is 17.6. The molecule has 5 nitrogen and oxygen atoms in total. The molecule has 0 saturated carbocycles. The van der Waals surface area contributed by atoms with Gasteiger partial charge in [0.15, 0.2) is 0 Å². The lowest BCUT2D eigenvalue weighted by atomic mass is 9.88. The second kappa shape index (κ2) is 8.78. The van der Waals surface area contributed by atoms with Crippen LogP contribution in [0.15, 0.2) is 18.2 Å². The van der Waals surface area contributed by atoms with Gasteiger partial charge in [-0.05, 0) is 68.2 Å². The topological polar surface area (TPSA) is 81.4 Å². The third-order valence-electron chi connectivity index (χ3n) is 5.37. The maximum absolute atomic E-state index is 12.4. The Labute approximate surface area is 170 Å². The third kappa shape index (κ3) is 4.55. The smallest absolute Gasteiger partial charge is 0.251 e. The number of nitrogens with one attached hydrogen (secondary N) is 1. The molecule has 28 heavy (non-hydrogen) atoms. The van der Waals surface area contributed by atoms with E-state index in [1.165, 1.54) is 21.8 Å². The molecular weight excluding hydrogens is 372 g/mol. The molecule has 0 bridgehead atoms. The molecule has 1 aliphatic rings. The quantitative estimate of drug-likeness (QED) is 0.677. The van der Waals surface area contributed by atoms with Crippen molar-refractivity contribution in [1.82, 2.24) is 0 Å². The fourth-order valence-electron chi connectivity index (χ4n) is 3.58. The van der Waals surface area contributed by atoms with E-state index in [2.05, 4.69) is 12.2 Å². The van der Waals surface area contributed by atoms with Crippen molar-refractivity contribution in [2.45, 2.75) is 52.9 Å². The summed E-state index contributed by atoms with van der Waals surface area (Å²) < 4.78 is 5.81. The van der Waals surface area contributed by atoms with Gasteiger partial charge in [-0.2, -0.15) is 0 Å². The molecule has 1 atom stereocenters. The molecule has 1 aromatic heterocycles. The first-order chi connectivity index (χ1) is 13.4. The molecule has 0 spiro atoms. The first-order valence-electron chi connectivity index (χ1n) is 9.80. The van der Waals surface area contributed by atoms with Crippen molar-refractivity contribution >= 4 is 28.2 Å². The van der Waals surface area contributed by atoms with E-state index >= 15 is 0 Å². The number of rotatable bonds is 7. The summed E-state index contributed by atoms with van der Waals surface area (Å²) in [4.78, 5) is 25.5. The number of carbonyl (C=O) groups is 2. The number of aryl methyl sites for hydroxylation is 1. The van der Waals surface area contributed by atoms with Crippen LogP contribution in [0.2, 0.25) is 0 Å². The molecule has 2 amide bonds. The van der Waals surface area contributed by atoms with E-state index in [0.717, 1.165) is 36.1 Å². The number of hydrogen-bond acceptors (Lipinski definition) is 4. The van der Waals surface area contributed by atoms with Gasteiger partial charge < -0.3 is 15.8 Å². The van der Waals surface area contributed by atoms with Gasteiger partial charge in [0.05, 0.1) is 12.2 Å². The van der Waals surface area contributed by atoms with Crippen molar-refractivity contribution < 1.29 is 14.3 Å². The molecule has 2 aromatic rings. The van der Waals surface area contributed by atoms with Crippen molar-refractivity contribution in [2.75, 3.05) is 11.9 Å². The summed E-state index contributed by atoms with van der Waals surface area (Å²) >= 11 is 1.50. The Morgan fingerprint density at radius 1 is 1.32 bits per heavy atom. The number of amides is 2. The Balaban J connectivity index is 1.56. The zero-order chi connectivity index (χ0) is 20.3. The van der Waals surface area contributed by atoms with Crippen LogP contribution in [0, 0.1) is 19.8 Å². The summed E-state index contributed by atoms with van der Waals surface area (Å²) in [5.74, 6) is 0.883. The summed E-state index contributed by atoms with van der Waals surface area (Å²) in [5.41, 5.74) is 9.45. The highest BCUT2D eigenvalue weighted by Crippen LogP contribution is 2.39. The molecule has 1 aliphatic carbocycles. The van der Waals surface area contributed by atoms with Crippen LogP contribution < -0.4 is 15.8 Å². The predicted octanol–water partition coefficient (Wildman–Crippen LogP) is 4.39. The van der Waals surface area contributed by atoms with Gasteiger partial charge in [-0.15, -0.1) is 11.3 Å². The van der Waals surface area contributed by atoms with E-state index in [0.29, 0.717) is 35.9 Å². The van der Waals surface area contributed by atoms with Gasteiger partial charge in [-0.3, -0.25) is 9.59 Å². The van der Waals surface area contributed by atoms with Crippen LogP contribution in [0.3, 0.4) is 0 Å². The van der Waals surface area contributed by atoms with Gasteiger partial charge in [-0.25, -0.2) is 0 Å². The first-order valence-corrected chi connectivity index (χ1v) is 10.6. The maximum atomic E-state index is 12.4. The first kappa shape index (κ1) is 20.4. The molecule has 3 N–H and O–H groups in total. The molecule has 1 unspecified atom stereocenters. The van der Waals surface area contributed by atoms with Crippen molar-refractivity contribution in [3.05, 3.63) is 45.3 Å². The standard InChI is InChI=1S/C22H28N2O3S/c1-13-9-10-16-18(12-13)28-22(20(16)21(23)26)24-19(25)8-5-11-27-17-7-4-6-14(2)15(17)3/h4,6-7,13H,5,8-12H2,1-3H3,(H2,23,26)(H,24,25). The number of nitrogens with two attached hydrogens (primary N) is 1. The van der Waals surface area contributed by atoms with Crippen LogP contribution in [0.5, 0.6) is 5.75 Å². The van der Waals surface area contributed by atoms with Gasteiger partial charge in [-0.1, -0.05) is 19.1 Å². The van der Waals surface area contributed by atoms with Crippen molar-refractivity contribution in [2.24, 2.45) is 11.7 Å². The van der Waals surface area contributed by atoms with E-state index in [4.69, 9.17) is 10.5 Å². The maximum Gasteiger partial charge on any atom is 0.251 e. The molecule has 0 saturated heterocycles. The van der Waals surface area contributed by atoms with Crippen molar-refractivity contribution in [3.8, 4) is 5.75 Å². The summed E-state index contributed by atoms with van der Waals surface area (Å²) in [6.07, 6.45) is 3.78. The molecule has 0 radical (unpaired) electrons. The SMILES string of the molecule is Cc1cccc(OCCCC(=O)Nc2sc3c(c2C(N)=O)CCC(C)C3)c1C. The van der Waals surface area contributed by atoms with Crippen LogP contribution in [-0.4, -0.2) is 18.4 Å². The number of hydrogen-bond donors (Lipinski definition) is 2. The average molecular weight is 401 g/mol. The number of fused-ring (bicyclic) bond motifs is 1. The second-order valence-corrected chi connectivity index (χ2v) is 8.72. The lowest BCUT2D eigenvalue weighted by Gasteiger charge is -2.18. The van der Waals surface area contributed by atoms with E-state index in [1.54, 1.807) is 0 Å². The number of primary amides is 1. The molecular formula is C22H28N2O3S. The monoisotopic (exact) mass is 400 g/mol.